The third kappa shape index (κ3) is 8.96. The van der Waals surface area contributed by atoms with Crippen LogP contribution in [-0.2, 0) is 35.7 Å². The van der Waals surface area contributed by atoms with E-state index in [2.05, 4.69) is 10.6 Å². The second-order valence-electron chi connectivity index (χ2n) is 13.7. The van der Waals surface area contributed by atoms with Gasteiger partial charge in [-0.3, -0.25) is 13.9 Å². The van der Waals surface area contributed by atoms with Crippen molar-refractivity contribution in [3.8, 4) is 0 Å². The van der Waals surface area contributed by atoms with Crippen molar-refractivity contribution in [3.63, 3.8) is 0 Å². The number of aryl methyl sites for hydroxylation is 3. The van der Waals surface area contributed by atoms with Gasteiger partial charge in [0.05, 0.1) is 27.3 Å². The van der Waals surface area contributed by atoms with Crippen LogP contribution in [0.25, 0.3) is 0 Å². The summed E-state index contributed by atoms with van der Waals surface area (Å²) in [6.07, 6.45) is 5.85. The molecule has 5 aromatic rings. The van der Waals surface area contributed by atoms with Crippen LogP contribution in [-0.4, -0.2) is 48.4 Å². The average molecular weight is 780 g/mol. The Hall–Kier alpha value is -5.79. The third-order valence-corrected chi connectivity index (χ3v) is 12.6. The van der Waals surface area contributed by atoms with E-state index in [9.17, 15) is 32.7 Å². The minimum Gasteiger partial charge on any atom is -0.478 e. The van der Waals surface area contributed by atoms with E-state index in [1.165, 1.54) is 59.9 Å². The molecule has 284 valence electrons. The highest BCUT2D eigenvalue weighted by Gasteiger charge is 2.30. The van der Waals surface area contributed by atoms with Crippen molar-refractivity contribution in [3.05, 3.63) is 141 Å². The minimum absolute atomic E-state index is 0.0576. The van der Waals surface area contributed by atoms with Gasteiger partial charge in [-0.2, -0.15) is 0 Å². The van der Waals surface area contributed by atoms with E-state index < -0.39 is 33.9 Å². The average Bonchev–Trinajstić information content (AvgIpc) is 3.53. The summed E-state index contributed by atoms with van der Waals surface area (Å²) in [6, 6.07) is 25.2. The number of carbonyl (C=O) groups excluding carboxylic acids is 2. The zero-order chi connectivity index (χ0) is 39.3. The number of carbonyl (C=O) groups is 4. The summed E-state index contributed by atoms with van der Waals surface area (Å²) >= 11 is 1.36. The highest BCUT2D eigenvalue weighted by atomic mass is 32.2. The van der Waals surface area contributed by atoms with Crippen LogP contribution in [0, 0.1) is 0 Å². The Morgan fingerprint density at radius 3 is 2.00 bits per heavy atom. The molecule has 1 aliphatic carbocycles. The Morgan fingerprint density at radius 2 is 1.35 bits per heavy atom. The number of hydrogen-bond donors (Lipinski definition) is 4. The van der Waals surface area contributed by atoms with Crippen LogP contribution in [0.3, 0.4) is 0 Å². The van der Waals surface area contributed by atoms with E-state index in [0.29, 0.717) is 22.7 Å². The first kappa shape index (κ1) is 38.9. The maximum atomic E-state index is 14.0. The molecule has 2 amide bonds. The summed E-state index contributed by atoms with van der Waals surface area (Å²) in [6.45, 7) is 3.35. The molecule has 11 nitrogen and oxygen atoms in total. The number of amides is 2. The van der Waals surface area contributed by atoms with Gasteiger partial charge in [-0.05, 0) is 136 Å². The molecule has 1 aliphatic rings. The number of anilines is 3. The predicted octanol–water partition coefficient (Wildman–Crippen LogP) is 8.31. The summed E-state index contributed by atoms with van der Waals surface area (Å²) < 4.78 is 29.1. The minimum atomic E-state index is -4.23. The summed E-state index contributed by atoms with van der Waals surface area (Å²) in [5, 5.41) is 24.9. The van der Waals surface area contributed by atoms with Crippen molar-refractivity contribution in [2.75, 3.05) is 14.9 Å². The van der Waals surface area contributed by atoms with Crippen molar-refractivity contribution < 1.29 is 37.8 Å². The van der Waals surface area contributed by atoms with E-state index >= 15 is 0 Å². The summed E-state index contributed by atoms with van der Waals surface area (Å²) in [5.74, 6) is -3.06. The molecule has 4 N–H and O–H groups in total. The van der Waals surface area contributed by atoms with Crippen LogP contribution < -0.4 is 14.9 Å². The molecule has 0 spiro atoms. The van der Waals surface area contributed by atoms with Crippen LogP contribution >= 0.6 is 11.3 Å². The number of hydrogen-bond acceptors (Lipinski definition) is 7. The molecule has 0 bridgehead atoms. The van der Waals surface area contributed by atoms with Gasteiger partial charge in [0.2, 0.25) is 0 Å². The first-order valence-corrected chi connectivity index (χ1v) is 20.2. The van der Waals surface area contributed by atoms with Gasteiger partial charge >= 0.3 is 11.9 Å². The number of thiophene rings is 1. The van der Waals surface area contributed by atoms with Crippen LogP contribution in [0.15, 0.2) is 102 Å². The molecule has 1 aromatic heterocycles. The second kappa shape index (κ2) is 16.7. The molecule has 0 unspecified atom stereocenters. The van der Waals surface area contributed by atoms with Crippen LogP contribution in [0.2, 0.25) is 0 Å². The van der Waals surface area contributed by atoms with E-state index in [1.807, 2.05) is 36.4 Å². The molecule has 4 aromatic carbocycles. The summed E-state index contributed by atoms with van der Waals surface area (Å²) in [5.41, 5.74) is 4.53. The van der Waals surface area contributed by atoms with Crippen molar-refractivity contribution in [1.29, 1.82) is 0 Å². The van der Waals surface area contributed by atoms with Crippen LogP contribution in [0.4, 0.5) is 16.4 Å². The van der Waals surface area contributed by atoms with Gasteiger partial charge in [0.1, 0.15) is 5.00 Å². The van der Waals surface area contributed by atoms with E-state index in [0.717, 1.165) is 64.4 Å². The lowest BCUT2D eigenvalue weighted by Gasteiger charge is -2.28. The number of fused-ring (bicyclic) bond motifs is 1. The highest BCUT2D eigenvalue weighted by Crippen LogP contribution is 2.39. The number of benzene rings is 4. The first-order valence-electron chi connectivity index (χ1n) is 18.0. The second-order valence-corrected chi connectivity index (χ2v) is 16.6. The SMILES string of the molecule is CC(C)N(c1cccc(C(=O)O)c1)S(=O)(=O)c1cccc(C(=O)Nc2sc3c(c2C(=O)Nc2ccc(CCCc4ccc(C(=O)O)cc4)cc2)CCCC3)c1. The van der Waals surface area contributed by atoms with Gasteiger partial charge in [-0.15, -0.1) is 11.3 Å². The fourth-order valence-electron chi connectivity index (χ4n) is 6.73. The maximum Gasteiger partial charge on any atom is 0.335 e. The topological polar surface area (TPSA) is 170 Å². The molecule has 1 heterocycles. The standard InChI is InChI=1S/C42H41N3O8S2/c1-26(2)45(33-12-6-11-31(24-33)42(50)51)55(52,53)34-13-7-10-30(25-34)38(46)44-40-37(35-14-3-4-15-36(35)54-40)39(47)43-32-22-18-28(19-23-32)9-5-8-27-16-20-29(21-17-27)41(48)49/h6-7,10-13,16-26H,3-5,8-9,14-15H2,1-2H3,(H,43,47)(H,44,46)(H,48,49)(H,50,51). The largest absolute Gasteiger partial charge is 0.478 e. The Balaban J connectivity index is 1.17. The lowest BCUT2D eigenvalue weighted by Crippen LogP contribution is -2.37. The zero-order valence-corrected chi connectivity index (χ0v) is 32.0. The van der Waals surface area contributed by atoms with E-state index in [1.54, 1.807) is 26.0 Å². The molecule has 55 heavy (non-hydrogen) atoms. The van der Waals surface area contributed by atoms with Gasteiger partial charge in [-0.1, -0.05) is 36.4 Å². The van der Waals surface area contributed by atoms with E-state index in [-0.39, 0.29) is 33.2 Å². The number of aromatic carboxylic acids is 2. The predicted molar refractivity (Wildman–Crippen MR) is 213 cm³/mol. The van der Waals surface area contributed by atoms with Crippen molar-refractivity contribution in [2.24, 2.45) is 0 Å². The monoisotopic (exact) mass is 779 g/mol. The fraction of sp³-hybridized carbons (Fsp3) is 0.238. The van der Waals surface area contributed by atoms with Crippen LogP contribution in [0.1, 0.15) is 96.1 Å². The maximum absolute atomic E-state index is 14.0. The molecular weight excluding hydrogens is 739 g/mol. The normalized spacial score (nSPS) is 12.5. The Morgan fingerprint density at radius 1 is 0.727 bits per heavy atom. The number of nitrogens with zero attached hydrogens (tertiary/aromatic N) is 1. The van der Waals surface area contributed by atoms with E-state index in [4.69, 9.17) is 5.11 Å². The highest BCUT2D eigenvalue weighted by molar-refractivity contribution is 7.92. The molecule has 0 saturated carbocycles. The third-order valence-electron chi connectivity index (χ3n) is 9.44. The Kier molecular flexibility index (Phi) is 11.8. The summed E-state index contributed by atoms with van der Waals surface area (Å²) in [4.78, 5) is 51.2. The molecule has 0 saturated heterocycles. The molecule has 0 aliphatic heterocycles. The van der Waals surface area contributed by atoms with Gasteiger partial charge in [0.25, 0.3) is 21.8 Å². The van der Waals surface area contributed by atoms with Gasteiger partial charge in [0, 0.05) is 22.2 Å². The number of nitrogens with one attached hydrogen (secondary N) is 2. The summed E-state index contributed by atoms with van der Waals surface area (Å²) in [7, 11) is -4.23. The fourth-order valence-corrected chi connectivity index (χ4v) is 9.71. The van der Waals surface area contributed by atoms with Gasteiger partial charge < -0.3 is 20.8 Å². The van der Waals surface area contributed by atoms with Gasteiger partial charge in [-0.25, -0.2) is 18.0 Å². The van der Waals surface area contributed by atoms with Crippen molar-refractivity contribution >= 4 is 61.5 Å². The number of sulfonamides is 1. The number of rotatable bonds is 14. The zero-order valence-electron chi connectivity index (χ0n) is 30.4. The Labute approximate surface area is 323 Å². The molecule has 0 fully saturated rings. The Bertz CT molecular complexity index is 2350. The number of carboxylic acid groups (broad SMARTS) is 2. The van der Waals surface area contributed by atoms with Crippen molar-refractivity contribution in [2.45, 2.75) is 69.7 Å². The molecular formula is C42H41N3O8S2. The molecule has 0 atom stereocenters. The molecule has 6 rings (SSSR count). The smallest absolute Gasteiger partial charge is 0.335 e. The lowest BCUT2D eigenvalue weighted by atomic mass is 9.95. The van der Waals surface area contributed by atoms with Gasteiger partial charge in [0.15, 0.2) is 0 Å². The van der Waals surface area contributed by atoms with Crippen molar-refractivity contribution in [1.82, 2.24) is 0 Å². The molecule has 13 heteroatoms. The quantitative estimate of drug-likeness (QED) is 0.0872. The molecule has 0 radical (unpaired) electrons. The van der Waals surface area contributed by atoms with Crippen LogP contribution in [0.5, 0.6) is 0 Å². The number of carboxylic acids is 2. The first-order chi connectivity index (χ1) is 26.3. The lowest BCUT2D eigenvalue weighted by molar-refractivity contribution is 0.0686.